The van der Waals surface area contributed by atoms with E-state index in [-0.39, 0.29) is 11.9 Å². The zero-order valence-electron chi connectivity index (χ0n) is 13.0. The molecule has 2 rings (SSSR count). The number of amides is 1. The van der Waals surface area contributed by atoms with Crippen molar-refractivity contribution in [2.45, 2.75) is 39.7 Å². The second kappa shape index (κ2) is 7.07. The Hall–Kier alpha value is -2.09. The molecule has 2 aromatic carbocycles. The summed E-state index contributed by atoms with van der Waals surface area (Å²) in [4.78, 5) is 12.1. The quantitative estimate of drug-likeness (QED) is 0.882. The van der Waals surface area contributed by atoms with Crippen LogP contribution in [-0.4, -0.2) is 5.91 Å². The predicted molar refractivity (Wildman–Crippen MR) is 87.3 cm³/mol. The molecule has 21 heavy (non-hydrogen) atoms. The minimum atomic E-state index is 0.0360. The second-order valence-corrected chi connectivity index (χ2v) is 5.55. The van der Waals surface area contributed by atoms with Gasteiger partial charge >= 0.3 is 0 Å². The number of hydrogen-bond donors (Lipinski definition) is 1. The van der Waals surface area contributed by atoms with Gasteiger partial charge < -0.3 is 5.32 Å². The minimum Gasteiger partial charge on any atom is -0.349 e. The fourth-order valence-electron chi connectivity index (χ4n) is 2.31. The van der Waals surface area contributed by atoms with Crippen LogP contribution in [-0.2, 0) is 17.6 Å². The van der Waals surface area contributed by atoms with E-state index in [1.807, 2.05) is 38.1 Å². The van der Waals surface area contributed by atoms with Crippen molar-refractivity contribution in [2.24, 2.45) is 0 Å². The summed E-state index contributed by atoms with van der Waals surface area (Å²) in [5, 5.41) is 3.06. The maximum atomic E-state index is 12.1. The zero-order valence-corrected chi connectivity index (χ0v) is 13.0. The highest BCUT2D eigenvalue weighted by molar-refractivity contribution is 5.79. The van der Waals surface area contributed by atoms with Crippen LogP contribution in [0.4, 0.5) is 0 Å². The van der Waals surface area contributed by atoms with E-state index in [2.05, 4.69) is 36.5 Å². The van der Waals surface area contributed by atoms with Gasteiger partial charge in [0.15, 0.2) is 0 Å². The highest BCUT2D eigenvalue weighted by Gasteiger charge is 2.10. The SMILES string of the molecule is CCc1ccc([C@H](C)NC(=O)Cc2ccc(C)cc2)cc1. The monoisotopic (exact) mass is 281 g/mol. The summed E-state index contributed by atoms with van der Waals surface area (Å²) in [5.41, 5.74) is 4.72. The van der Waals surface area contributed by atoms with E-state index in [4.69, 9.17) is 0 Å². The van der Waals surface area contributed by atoms with E-state index in [1.165, 1.54) is 11.1 Å². The third-order valence-electron chi connectivity index (χ3n) is 3.75. The van der Waals surface area contributed by atoms with E-state index >= 15 is 0 Å². The van der Waals surface area contributed by atoms with Gasteiger partial charge in [-0.15, -0.1) is 0 Å². The lowest BCUT2D eigenvalue weighted by molar-refractivity contribution is -0.121. The number of aryl methyl sites for hydroxylation is 2. The van der Waals surface area contributed by atoms with Gasteiger partial charge in [-0.25, -0.2) is 0 Å². The summed E-state index contributed by atoms with van der Waals surface area (Å²) < 4.78 is 0. The second-order valence-electron chi connectivity index (χ2n) is 5.55. The van der Waals surface area contributed by atoms with Gasteiger partial charge in [0.05, 0.1) is 12.5 Å². The third-order valence-corrected chi connectivity index (χ3v) is 3.75. The van der Waals surface area contributed by atoms with E-state index in [0.29, 0.717) is 6.42 Å². The van der Waals surface area contributed by atoms with Crippen LogP contribution in [0.5, 0.6) is 0 Å². The molecule has 0 bridgehead atoms. The molecule has 1 N–H and O–H groups in total. The predicted octanol–water partition coefficient (Wildman–Crippen LogP) is 3.98. The number of carbonyl (C=O) groups is 1. The minimum absolute atomic E-state index is 0.0360. The molecular weight excluding hydrogens is 258 g/mol. The van der Waals surface area contributed by atoms with Crippen LogP contribution in [0.2, 0.25) is 0 Å². The first-order valence-corrected chi connectivity index (χ1v) is 7.52. The topological polar surface area (TPSA) is 29.1 Å². The fourth-order valence-corrected chi connectivity index (χ4v) is 2.31. The summed E-state index contributed by atoms with van der Waals surface area (Å²) in [5.74, 6) is 0.0610. The molecule has 0 heterocycles. The highest BCUT2D eigenvalue weighted by Crippen LogP contribution is 2.14. The molecule has 2 heteroatoms. The molecule has 1 atom stereocenters. The van der Waals surface area contributed by atoms with Gasteiger partial charge in [0.2, 0.25) is 5.91 Å². The molecule has 0 aliphatic heterocycles. The lowest BCUT2D eigenvalue weighted by atomic mass is 10.0. The summed E-state index contributed by atoms with van der Waals surface area (Å²) in [6.45, 7) is 6.21. The average molecular weight is 281 g/mol. The van der Waals surface area contributed by atoms with Crippen molar-refractivity contribution in [3.63, 3.8) is 0 Å². The summed E-state index contributed by atoms with van der Waals surface area (Å²) >= 11 is 0. The largest absolute Gasteiger partial charge is 0.349 e. The molecule has 0 aliphatic rings. The molecule has 0 aromatic heterocycles. The number of carbonyl (C=O) groups excluding carboxylic acids is 1. The third kappa shape index (κ3) is 4.45. The van der Waals surface area contributed by atoms with E-state index in [0.717, 1.165) is 17.5 Å². The smallest absolute Gasteiger partial charge is 0.224 e. The van der Waals surface area contributed by atoms with Crippen molar-refractivity contribution in [3.05, 3.63) is 70.8 Å². The van der Waals surface area contributed by atoms with Crippen molar-refractivity contribution >= 4 is 5.91 Å². The zero-order chi connectivity index (χ0) is 15.2. The standard InChI is InChI=1S/C19H23NO/c1-4-16-9-11-18(12-10-16)15(3)20-19(21)13-17-7-5-14(2)6-8-17/h5-12,15H,4,13H2,1-3H3,(H,20,21)/t15-/m0/s1. The van der Waals surface area contributed by atoms with Crippen molar-refractivity contribution in [3.8, 4) is 0 Å². The Bertz CT molecular complexity index is 584. The molecule has 0 spiro atoms. The van der Waals surface area contributed by atoms with E-state index < -0.39 is 0 Å². The molecular formula is C19H23NO. The fraction of sp³-hybridized carbons (Fsp3) is 0.316. The number of nitrogens with one attached hydrogen (secondary N) is 1. The Morgan fingerprint density at radius 1 is 1.00 bits per heavy atom. The van der Waals surface area contributed by atoms with Gasteiger partial charge in [0.1, 0.15) is 0 Å². The highest BCUT2D eigenvalue weighted by atomic mass is 16.1. The van der Waals surface area contributed by atoms with Crippen LogP contribution in [0, 0.1) is 6.92 Å². The van der Waals surface area contributed by atoms with Gasteiger partial charge in [-0.3, -0.25) is 4.79 Å². The molecule has 0 saturated carbocycles. The molecule has 2 aromatic rings. The van der Waals surface area contributed by atoms with Crippen molar-refractivity contribution in [1.82, 2.24) is 5.32 Å². The van der Waals surface area contributed by atoms with Crippen LogP contribution in [0.15, 0.2) is 48.5 Å². The van der Waals surface area contributed by atoms with Crippen LogP contribution in [0.1, 0.15) is 42.1 Å². The molecule has 0 aliphatic carbocycles. The van der Waals surface area contributed by atoms with Crippen molar-refractivity contribution in [2.75, 3.05) is 0 Å². The van der Waals surface area contributed by atoms with Gasteiger partial charge in [-0.2, -0.15) is 0 Å². The Kier molecular flexibility index (Phi) is 5.15. The first-order chi connectivity index (χ1) is 10.1. The Morgan fingerprint density at radius 2 is 1.57 bits per heavy atom. The summed E-state index contributed by atoms with van der Waals surface area (Å²) in [7, 11) is 0. The first kappa shape index (κ1) is 15.3. The molecule has 0 fully saturated rings. The number of benzene rings is 2. The normalized spacial score (nSPS) is 12.0. The molecule has 1 amide bonds. The van der Waals surface area contributed by atoms with Crippen LogP contribution in [0.3, 0.4) is 0 Å². The molecule has 0 unspecified atom stereocenters. The number of rotatable bonds is 5. The average Bonchev–Trinajstić information content (AvgIpc) is 2.49. The van der Waals surface area contributed by atoms with Gasteiger partial charge in [-0.1, -0.05) is 61.0 Å². The molecule has 0 saturated heterocycles. The first-order valence-electron chi connectivity index (χ1n) is 7.52. The van der Waals surface area contributed by atoms with Gasteiger partial charge in [0.25, 0.3) is 0 Å². The summed E-state index contributed by atoms with van der Waals surface area (Å²) in [6.07, 6.45) is 1.46. The number of hydrogen-bond acceptors (Lipinski definition) is 1. The van der Waals surface area contributed by atoms with Crippen molar-refractivity contribution in [1.29, 1.82) is 0 Å². The lowest BCUT2D eigenvalue weighted by Gasteiger charge is -2.15. The molecule has 110 valence electrons. The van der Waals surface area contributed by atoms with Gasteiger partial charge in [-0.05, 0) is 37.0 Å². The maximum Gasteiger partial charge on any atom is 0.224 e. The molecule has 0 radical (unpaired) electrons. The summed E-state index contributed by atoms with van der Waals surface area (Å²) in [6, 6.07) is 16.6. The van der Waals surface area contributed by atoms with Gasteiger partial charge in [0, 0.05) is 0 Å². The van der Waals surface area contributed by atoms with Crippen LogP contribution >= 0.6 is 0 Å². The van der Waals surface area contributed by atoms with E-state index in [1.54, 1.807) is 0 Å². The Labute approximate surface area is 127 Å². The Balaban J connectivity index is 1.93. The van der Waals surface area contributed by atoms with Crippen molar-refractivity contribution < 1.29 is 4.79 Å². The van der Waals surface area contributed by atoms with Crippen LogP contribution in [0.25, 0.3) is 0 Å². The van der Waals surface area contributed by atoms with E-state index in [9.17, 15) is 4.79 Å². The maximum absolute atomic E-state index is 12.1. The molecule has 2 nitrogen and oxygen atoms in total. The van der Waals surface area contributed by atoms with Crippen LogP contribution < -0.4 is 5.32 Å². The Morgan fingerprint density at radius 3 is 2.14 bits per heavy atom. The lowest BCUT2D eigenvalue weighted by Crippen LogP contribution is -2.28.